The zero-order chi connectivity index (χ0) is 18.9. The second kappa shape index (κ2) is 6.69. The van der Waals surface area contributed by atoms with Gasteiger partial charge in [-0.1, -0.05) is 6.92 Å². The van der Waals surface area contributed by atoms with Crippen molar-refractivity contribution in [2.24, 2.45) is 7.05 Å². The molecule has 0 fully saturated rings. The molecule has 0 saturated carbocycles. The third-order valence-corrected chi connectivity index (χ3v) is 3.80. The number of alkyl halides is 3. The number of carbonyl (C=O) groups is 1. The number of fused-ring (bicyclic) bond motifs is 1. The zero-order valence-corrected chi connectivity index (χ0v) is 13.8. The van der Waals surface area contributed by atoms with Crippen LogP contribution in [-0.2, 0) is 24.6 Å². The molecule has 2 aromatic heterocycles. The maximum atomic E-state index is 12.8. The van der Waals surface area contributed by atoms with Crippen LogP contribution in [0, 0.1) is 0 Å². The van der Waals surface area contributed by atoms with Crippen LogP contribution in [-0.4, -0.2) is 26.1 Å². The molecule has 0 bridgehead atoms. The zero-order valence-electron chi connectivity index (χ0n) is 13.8. The fourth-order valence-electron chi connectivity index (χ4n) is 2.24. The van der Waals surface area contributed by atoms with Crippen LogP contribution in [0.3, 0.4) is 0 Å². The summed E-state index contributed by atoms with van der Waals surface area (Å²) >= 11 is 0. The summed E-state index contributed by atoms with van der Waals surface area (Å²) in [4.78, 5) is 40.0. The monoisotopic (exact) mass is 358 g/mol. The molecule has 136 valence electrons. The number of halogens is 3. The topological polar surface area (TPSA) is 86.0 Å². The lowest BCUT2D eigenvalue weighted by Gasteiger charge is -2.14. The summed E-state index contributed by atoms with van der Waals surface area (Å²) in [5.74, 6) is -0.534. The van der Waals surface area contributed by atoms with E-state index in [-0.39, 0.29) is 17.1 Å². The van der Waals surface area contributed by atoms with E-state index in [2.05, 4.69) is 10.3 Å². The predicted octanol–water partition coefficient (Wildman–Crippen LogP) is 1.03. The Morgan fingerprint density at radius 1 is 1.32 bits per heavy atom. The molecule has 1 atom stereocenters. The molecule has 0 aliphatic carbocycles. The third-order valence-electron chi connectivity index (χ3n) is 3.80. The van der Waals surface area contributed by atoms with Gasteiger partial charge < -0.3 is 5.32 Å². The van der Waals surface area contributed by atoms with Crippen molar-refractivity contribution in [3.63, 3.8) is 0 Å². The molecule has 25 heavy (non-hydrogen) atoms. The van der Waals surface area contributed by atoms with Crippen molar-refractivity contribution in [3.8, 4) is 0 Å². The molecule has 0 spiro atoms. The molecular weight excluding hydrogens is 341 g/mol. The van der Waals surface area contributed by atoms with Crippen molar-refractivity contribution >= 4 is 16.9 Å². The lowest BCUT2D eigenvalue weighted by molar-refractivity contribution is -0.141. The molecule has 10 heteroatoms. The van der Waals surface area contributed by atoms with Crippen LogP contribution in [0.15, 0.2) is 21.7 Å². The first-order valence-electron chi connectivity index (χ1n) is 7.53. The average Bonchev–Trinajstić information content (AvgIpc) is 2.55. The fraction of sp³-hybridized carbons (Fsp3) is 0.467. The van der Waals surface area contributed by atoms with Crippen LogP contribution in [0.4, 0.5) is 13.2 Å². The Labute approximate surface area is 140 Å². The van der Waals surface area contributed by atoms with Gasteiger partial charge >= 0.3 is 11.9 Å². The molecule has 1 N–H and O–H groups in total. The van der Waals surface area contributed by atoms with Crippen LogP contribution >= 0.6 is 0 Å². The van der Waals surface area contributed by atoms with E-state index in [9.17, 15) is 27.6 Å². The Balaban J connectivity index is 2.56. The van der Waals surface area contributed by atoms with Crippen molar-refractivity contribution in [1.82, 2.24) is 19.4 Å². The number of hydrogen-bond donors (Lipinski definition) is 1. The molecule has 0 radical (unpaired) electrons. The molecule has 0 aliphatic rings. The normalized spacial score (nSPS) is 13.0. The van der Waals surface area contributed by atoms with Gasteiger partial charge in [-0.3, -0.25) is 18.7 Å². The molecule has 0 unspecified atom stereocenters. The smallest absolute Gasteiger partial charge is 0.352 e. The summed E-state index contributed by atoms with van der Waals surface area (Å²) in [6.07, 6.45) is -4.03. The van der Waals surface area contributed by atoms with Crippen LogP contribution in [0.2, 0.25) is 0 Å². The van der Waals surface area contributed by atoms with Crippen LogP contribution in [0.25, 0.3) is 11.0 Å². The Bertz CT molecular complexity index is 930. The maximum absolute atomic E-state index is 12.8. The highest BCUT2D eigenvalue weighted by Gasteiger charge is 2.33. The first-order chi connectivity index (χ1) is 11.6. The summed E-state index contributed by atoms with van der Waals surface area (Å²) in [6, 6.07) is 1.48. The van der Waals surface area contributed by atoms with E-state index < -0.39 is 35.6 Å². The number of carbonyl (C=O) groups excluding carboxylic acids is 1. The minimum Gasteiger partial charge on any atom is -0.352 e. The van der Waals surface area contributed by atoms with E-state index in [1.54, 1.807) is 6.92 Å². The van der Waals surface area contributed by atoms with Gasteiger partial charge in [0, 0.05) is 13.1 Å². The van der Waals surface area contributed by atoms with Crippen molar-refractivity contribution in [3.05, 3.63) is 38.7 Å². The number of pyridine rings is 1. The van der Waals surface area contributed by atoms with E-state index in [4.69, 9.17) is 0 Å². The van der Waals surface area contributed by atoms with Crippen molar-refractivity contribution in [2.45, 2.75) is 39.0 Å². The van der Waals surface area contributed by atoms with Gasteiger partial charge in [-0.15, -0.1) is 0 Å². The summed E-state index contributed by atoms with van der Waals surface area (Å²) in [5.41, 5.74) is -3.37. The van der Waals surface area contributed by atoms with Gasteiger partial charge in [0.2, 0.25) is 5.91 Å². The lowest BCUT2D eigenvalue weighted by Crippen LogP contribution is -2.44. The summed E-state index contributed by atoms with van der Waals surface area (Å²) in [5, 5.41) is 2.44. The van der Waals surface area contributed by atoms with Gasteiger partial charge in [0.05, 0.1) is 5.39 Å². The number of aryl methyl sites for hydroxylation is 1. The highest BCUT2D eigenvalue weighted by atomic mass is 19.4. The second-order valence-electron chi connectivity index (χ2n) is 5.68. The molecule has 2 rings (SSSR count). The summed E-state index contributed by atoms with van der Waals surface area (Å²) in [6.45, 7) is 3.10. The van der Waals surface area contributed by atoms with Gasteiger partial charge in [0.1, 0.15) is 17.9 Å². The van der Waals surface area contributed by atoms with Crippen molar-refractivity contribution < 1.29 is 18.0 Å². The standard InChI is InChI=1S/C15H17F3N4O3/c1-4-8(2)19-11(23)7-22-13(24)9-5-6-10(15(16,17)18)20-12(9)21(3)14(22)25/h5-6,8H,4,7H2,1-3H3,(H,19,23)/t8-/m1/s1. The van der Waals surface area contributed by atoms with Crippen molar-refractivity contribution in [2.75, 3.05) is 0 Å². The Morgan fingerprint density at radius 2 is 1.96 bits per heavy atom. The summed E-state index contributed by atoms with van der Waals surface area (Å²) in [7, 11) is 1.19. The molecular formula is C15H17F3N4O3. The van der Waals surface area contributed by atoms with Gasteiger partial charge in [-0.25, -0.2) is 9.78 Å². The number of nitrogens with one attached hydrogen (secondary N) is 1. The quantitative estimate of drug-likeness (QED) is 0.885. The van der Waals surface area contributed by atoms with E-state index in [1.807, 2.05) is 6.92 Å². The number of hydrogen-bond acceptors (Lipinski definition) is 4. The number of nitrogens with zero attached hydrogens (tertiary/aromatic N) is 3. The Morgan fingerprint density at radius 3 is 2.52 bits per heavy atom. The molecule has 0 saturated heterocycles. The van der Waals surface area contributed by atoms with Gasteiger partial charge in [-0.2, -0.15) is 13.2 Å². The lowest BCUT2D eigenvalue weighted by atomic mass is 10.2. The largest absolute Gasteiger partial charge is 0.433 e. The molecule has 0 aliphatic heterocycles. The molecule has 2 heterocycles. The average molecular weight is 358 g/mol. The van der Waals surface area contributed by atoms with E-state index in [1.165, 1.54) is 7.05 Å². The SMILES string of the molecule is CC[C@@H](C)NC(=O)Cn1c(=O)c2ccc(C(F)(F)F)nc2n(C)c1=O. The van der Waals surface area contributed by atoms with E-state index in [0.29, 0.717) is 17.1 Å². The minimum atomic E-state index is -4.70. The molecule has 2 aromatic rings. The molecule has 1 amide bonds. The number of aromatic nitrogens is 3. The molecule has 0 aromatic carbocycles. The van der Waals surface area contributed by atoms with E-state index >= 15 is 0 Å². The van der Waals surface area contributed by atoms with Crippen LogP contribution in [0.5, 0.6) is 0 Å². The summed E-state index contributed by atoms with van der Waals surface area (Å²) < 4.78 is 39.8. The number of rotatable bonds is 4. The highest BCUT2D eigenvalue weighted by molar-refractivity contribution is 5.77. The highest BCUT2D eigenvalue weighted by Crippen LogP contribution is 2.28. The Hall–Kier alpha value is -2.65. The van der Waals surface area contributed by atoms with Crippen LogP contribution < -0.4 is 16.6 Å². The van der Waals surface area contributed by atoms with Crippen molar-refractivity contribution in [1.29, 1.82) is 0 Å². The Kier molecular flexibility index (Phi) is 5.00. The van der Waals surface area contributed by atoms with Crippen LogP contribution in [0.1, 0.15) is 26.0 Å². The second-order valence-corrected chi connectivity index (χ2v) is 5.68. The fourth-order valence-corrected chi connectivity index (χ4v) is 2.24. The maximum Gasteiger partial charge on any atom is 0.433 e. The first-order valence-corrected chi connectivity index (χ1v) is 7.53. The van der Waals surface area contributed by atoms with E-state index in [0.717, 1.165) is 10.6 Å². The predicted molar refractivity (Wildman–Crippen MR) is 84.1 cm³/mol. The third kappa shape index (κ3) is 3.72. The molecule has 7 nitrogen and oxygen atoms in total. The minimum absolute atomic E-state index is 0.136. The number of amides is 1. The van der Waals surface area contributed by atoms with Gasteiger partial charge in [0.15, 0.2) is 0 Å². The first kappa shape index (κ1) is 18.7. The van der Waals surface area contributed by atoms with Gasteiger partial charge in [0.25, 0.3) is 5.56 Å². The van der Waals surface area contributed by atoms with Gasteiger partial charge in [-0.05, 0) is 25.5 Å².